The molecule has 6 heteroatoms. The molecule has 1 aliphatic rings. The third-order valence-electron chi connectivity index (χ3n) is 3.41. The van der Waals surface area contributed by atoms with Crippen molar-refractivity contribution in [3.05, 3.63) is 24.3 Å². The van der Waals surface area contributed by atoms with Crippen molar-refractivity contribution in [2.75, 3.05) is 18.4 Å². The van der Waals surface area contributed by atoms with Gasteiger partial charge < -0.3 is 5.32 Å². The third-order valence-corrected chi connectivity index (χ3v) is 4.15. The Morgan fingerprint density at radius 2 is 1.90 bits per heavy atom. The summed E-state index contributed by atoms with van der Waals surface area (Å²) in [5.74, 6) is 0. The van der Waals surface area contributed by atoms with E-state index >= 15 is 0 Å². The van der Waals surface area contributed by atoms with Gasteiger partial charge in [0, 0.05) is 35.8 Å². The number of benzene rings is 1. The second kappa shape index (κ2) is 6.26. The van der Waals surface area contributed by atoms with E-state index in [2.05, 4.69) is 24.1 Å². The molecule has 1 fully saturated rings. The average Bonchev–Trinajstić information content (AvgIpc) is 2.78. The van der Waals surface area contributed by atoms with E-state index in [4.69, 9.17) is 0 Å². The summed E-state index contributed by atoms with van der Waals surface area (Å²) in [6.45, 7) is 6.39. The van der Waals surface area contributed by atoms with Crippen molar-refractivity contribution in [1.82, 2.24) is 4.90 Å². The van der Waals surface area contributed by atoms with E-state index in [1.807, 2.05) is 0 Å². The summed E-state index contributed by atoms with van der Waals surface area (Å²) >= 11 is -0.0795. The number of alkyl halides is 3. The van der Waals surface area contributed by atoms with Gasteiger partial charge in [0.2, 0.25) is 0 Å². The fourth-order valence-electron chi connectivity index (χ4n) is 2.36. The van der Waals surface area contributed by atoms with Crippen LogP contribution >= 0.6 is 11.8 Å². The Labute approximate surface area is 121 Å². The molecular formula is C14H19F3N2S. The van der Waals surface area contributed by atoms with E-state index in [1.165, 1.54) is 12.1 Å². The Balaban J connectivity index is 1.88. The predicted octanol–water partition coefficient (Wildman–Crippen LogP) is 4.19. The molecule has 20 heavy (non-hydrogen) atoms. The number of halogens is 3. The lowest BCUT2D eigenvalue weighted by Crippen LogP contribution is -2.31. The van der Waals surface area contributed by atoms with Crippen LogP contribution in [-0.4, -0.2) is 35.6 Å². The predicted molar refractivity (Wildman–Crippen MR) is 77.1 cm³/mol. The van der Waals surface area contributed by atoms with E-state index in [0.29, 0.717) is 12.1 Å². The smallest absolute Gasteiger partial charge is 0.381 e. The summed E-state index contributed by atoms with van der Waals surface area (Å²) in [6.07, 6.45) is 1.07. The van der Waals surface area contributed by atoms with Gasteiger partial charge in [0.1, 0.15) is 0 Å². The molecule has 0 aromatic heterocycles. The first-order valence-corrected chi connectivity index (χ1v) is 7.51. The van der Waals surface area contributed by atoms with Crippen LogP contribution in [0.4, 0.5) is 18.9 Å². The second-order valence-electron chi connectivity index (χ2n) is 5.29. The molecule has 1 saturated heterocycles. The first-order chi connectivity index (χ1) is 9.33. The fraction of sp³-hybridized carbons (Fsp3) is 0.571. The molecule has 1 N–H and O–H groups in total. The maximum absolute atomic E-state index is 12.2. The SMILES string of the molecule is CC(C)N1CCC(Nc2ccc(SC(F)(F)F)cc2)C1. The molecule has 1 aromatic carbocycles. The van der Waals surface area contributed by atoms with E-state index < -0.39 is 5.51 Å². The lowest BCUT2D eigenvalue weighted by atomic mass is 10.2. The van der Waals surface area contributed by atoms with Crippen LogP contribution < -0.4 is 5.32 Å². The molecule has 112 valence electrons. The Morgan fingerprint density at radius 1 is 1.25 bits per heavy atom. The van der Waals surface area contributed by atoms with Gasteiger partial charge in [0.15, 0.2) is 0 Å². The van der Waals surface area contributed by atoms with Crippen molar-refractivity contribution >= 4 is 17.4 Å². The van der Waals surface area contributed by atoms with Crippen molar-refractivity contribution in [2.24, 2.45) is 0 Å². The summed E-state index contributed by atoms with van der Waals surface area (Å²) in [7, 11) is 0. The van der Waals surface area contributed by atoms with Crippen LogP contribution in [0.2, 0.25) is 0 Å². The van der Waals surface area contributed by atoms with Crippen LogP contribution in [0.5, 0.6) is 0 Å². The molecule has 2 nitrogen and oxygen atoms in total. The van der Waals surface area contributed by atoms with Gasteiger partial charge in [-0.25, -0.2) is 0 Å². The third kappa shape index (κ3) is 4.59. The highest BCUT2D eigenvalue weighted by atomic mass is 32.2. The minimum atomic E-state index is -4.22. The number of nitrogens with zero attached hydrogens (tertiary/aromatic N) is 1. The number of nitrogens with one attached hydrogen (secondary N) is 1. The summed E-state index contributed by atoms with van der Waals surface area (Å²) in [5, 5.41) is 3.38. The average molecular weight is 304 g/mol. The Kier molecular flexibility index (Phi) is 4.86. The molecule has 0 spiro atoms. The van der Waals surface area contributed by atoms with Crippen LogP contribution in [0, 0.1) is 0 Å². The van der Waals surface area contributed by atoms with Crippen molar-refractivity contribution in [3.63, 3.8) is 0 Å². The molecule has 0 amide bonds. The molecule has 1 unspecified atom stereocenters. The van der Waals surface area contributed by atoms with Gasteiger partial charge in [-0.05, 0) is 56.3 Å². The molecular weight excluding hydrogens is 285 g/mol. The monoisotopic (exact) mass is 304 g/mol. The quantitative estimate of drug-likeness (QED) is 0.840. The fourth-order valence-corrected chi connectivity index (χ4v) is 2.90. The summed E-state index contributed by atoms with van der Waals surface area (Å²) in [4.78, 5) is 2.62. The van der Waals surface area contributed by atoms with Gasteiger partial charge >= 0.3 is 5.51 Å². The minimum Gasteiger partial charge on any atom is -0.381 e. The summed E-state index contributed by atoms with van der Waals surface area (Å²) in [6, 6.07) is 7.36. The van der Waals surface area contributed by atoms with Crippen LogP contribution in [-0.2, 0) is 0 Å². The topological polar surface area (TPSA) is 15.3 Å². The molecule has 0 aliphatic carbocycles. The van der Waals surface area contributed by atoms with Crippen molar-refractivity contribution in [2.45, 2.75) is 42.8 Å². The van der Waals surface area contributed by atoms with Crippen LogP contribution in [0.3, 0.4) is 0 Å². The highest BCUT2D eigenvalue weighted by Crippen LogP contribution is 2.37. The zero-order valence-corrected chi connectivity index (χ0v) is 12.4. The van der Waals surface area contributed by atoms with Crippen LogP contribution in [0.25, 0.3) is 0 Å². The summed E-state index contributed by atoms with van der Waals surface area (Å²) < 4.78 is 36.7. The molecule has 1 aliphatic heterocycles. The van der Waals surface area contributed by atoms with Crippen LogP contribution in [0.15, 0.2) is 29.2 Å². The zero-order valence-electron chi connectivity index (χ0n) is 11.6. The van der Waals surface area contributed by atoms with E-state index in [-0.39, 0.29) is 16.7 Å². The number of hydrogen-bond donors (Lipinski definition) is 1. The molecule has 0 radical (unpaired) electrons. The Hall–Kier alpha value is -0.880. The number of hydrogen-bond acceptors (Lipinski definition) is 3. The summed E-state index contributed by atoms with van der Waals surface area (Å²) in [5.41, 5.74) is -3.34. The van der Waals surface area contributed by atoms with Gasteiger partial charge in [-0.1, -0.05) is 0 Å². The Bertz CT molecular complexity index is 431. The Morgan fingerprint density at radius 3 is 2.40 bits per heavy atom. The van der Waals surface area contributed by atoms with Crippen molar-refractivity contribution in [3.8, 4) is 0 Å². The highest BCUT2D eigenvalue weighted by Gasteiger charge is 2.29. The second-order valence-corrected chi connectivity index (χ2v) is 6.43. The van der Waals surface area contributed by atoms with E-state index in [0.717, 1.165) is 25.2 Å². The van der Waals surface area contributed by atoms with Gasteiger partial charge in [-0.2, -0.15) is 13.2 Å². The number of thioether (sulfide) groups is 1. The van der Waals surface area contributed by atoms with E-state index in [9.17, 15) is 13.2 Å². The molecule has 1 aromatic rings. The highest BCUT2D eigenvalue weighted by molar-refractivity contribution is 8.00. The number of anilines is 1. The standard InChI is InChI=1S/C14H19F3N2S/c1-10(2)19-8-7-12(9-19)18-11-3-5-13(6-4-11)20-14(15,16)17/h3-6,10,12,18H,7-9H2,1-2H3. The normalized spacial score (nSPS) is 20.6. The lowest BCUT2D eigenvalue weighted by molar-refractivity contribution is -0.0328. The lowest BCUT2D eigenvalue weighted by Gasteiger charge is -2.21. The molecule has 1 atom stereocenters. The van der Waals surface area contributed by atoms with Gasteiger partial charge in [0.25, 0.3) is 0 Å². The van der Waals surface area contributed by atoms with Gasteiger partial charge in [0.05, 0.1) is 0 Å². The van der Waals surface area contributed by atoms with Crippen molar-refractivity contribution in [1.29, 1.82) is 0 Å². The molecule has 2 rings (SSSR count). The maximum atomic E-state index is 12.2. The molecule has 0 saturated carbocycles. The minimum absolute atomic E-state index is 0.0795. The van der Waals surface area contributed by atoms with E-state index in [1.54, 1.807) is 12.1 Å². The molecule has 1 heterocycles. The first-order valence-electron chi connectivity index (χ1n) is 6.70. The number of likely N-dealkylation sites (tertiary alicyclic amines) is 1. The number of rotatable bonds is 4. The van der Waals surface area contributed by atoms with Crippen molar-refractivity contribution < 1.29 is 13.2 Å². The molecule has 0 bridgehead atoms. The van der Waals surface area contributed by atoms with Crippen LogP contribution in [0.1, 0.15) is 20.3 Å². The first kappa shape index (κ1) is 15.5. The largest absolute Gasteiger partial charge is 0.446 e. The van der Waals surface area contributed by atoms with Gasteiger partial charge in [-0.3, -0.25) is 4.90 Å². The zero-order chi connectivity index (χ0) is 14.8. The van der Waals surface area contributed by atoms with Gasteiger partial charge in [-0.15, -0.1) is 0 Å². The maximum Gasteiger partial charge on any atom is 0.446 e.